The molecule has 8 N–H and O–H groups in total. The van der Waals surface area contributed by atoms with E-state index < -0.39 is 12.1 Å². The van der Waals surface area contributed by atoms with Crippen LogP contribution in [-0.4, -0.2) is 36.7 Å². The molecule has 6 nitrogen and oxygen atoms in total. The first kappa shape index (κ1) is 17.9. The van der Waals surface area contributed by atoms with Crippen LogP contribution in [0, 0.1) is 0 Å². The first-order valence-electron chi connectivity index (χ1n) is 6.95. The van der Waals surface area contributed by atoms with Gasteiger partial charge in [0.05, 0.1) is 12.1 Å². The Morgan fingerprint density at radius 3 is 1.55 bits per heavy atom. The van der Waals surface area contributed by atoms with Gasteiger partial charge >= 0.3 is 0 Å². The molecule has 0 spiro atoms. The van der Waals surface area contributed by atoms with Gasteiger partial charge in [0.25, 0.3) is 0 Å². The largest absolute Gasteiger partial charge is 0.327 e. The molecule has 0 fully saturated rings. The van der Waals surface area contributed by atoms with Gasteiger partial charge in [-0.05, 0) is 0 Å². The van der Waals surface area contributed by atoms with E-state index in [9.17, 15) is 9.59 Å². The lowest BCUT2D eigenvalue weighted by atomic mass is 9.93. The number of carbonyl (C=O) groups is 2. The summed E-state index contributed by atoms with van der Waals surface area (Å²) in [6.45, 7) is 0.576. The number of rotatable bonds is 8. The van der Waals surface area contributed by atoms with Gasteiger partial charge < -0.3 is 22.9 Å². The zero-order valence-corrected chi connectivity index (χ0v) is 12.3. The van der Waals surface area contributed by atoms with Crippen LogP contribution in [-0.2, 0) is 0 Å². The molecule has 1 rings (SSSR count). The number of Topliss-reactive ketones (excluding diaryl/α,β-unsaturated/α-hetero) is 2. The minimum absolute atomic E-state index is 0.248. The fourth-order valence-electron chi connectivity index (χ4n) is 1.90. The molecule has 2 unspecified atom stereocenters. The molecule has 1 aromatic rings. The van der Waals surface area contributed by atoms with Crippen molar-refractivity contribution in [3.63, 3.8) is 0 Å². The van der Waals surface area contributed by atoms with Crippen LogP contribution in [0.5, 0.6) is 0 Å². The Morgan fingerprint density at radius 2 is 1.23 bits per heavy atom. The third-order valence-corrected chi connectivity index (χ3v) is 3.02. The first-order chi connectivity index (χ1) is 10.5. The van der Waals surface area contributed by atoms with Crippen LogP contribution >= 0.6 is 0 Å². The molecule has 2 atom stereocenters. The second kappa shape index (κ2) is 9.01. The molecule has 0 aliphatic rings. The number of ketones is 2. The fourth-order valence-corrected chi connectivity index (χ4v) is 1.90. The summed E-state index contributed by atoms with van der Waals surface area (Å²) in [6, 6.07) is 4.76. The number of hydrogen-bond acceptors (Lipinski definition) is 6. The Morgan fingerprint density at radius 1 is 0.864 bits per heavy atom. The van der Waals surface area contributed by atoms with Crippen molar-refractivity contribution < 1.29 is 9.59 Å². The van der Waals surface area contributed by atoms with E-state index >= 15 is 0 Å². The summed E-state index contributed by atoms with van der Waals surface area (Å²) in [6.07, 6.45) is 6.22. The summed E-state index contributed by atoms with van der Waals surface area (Å²) >= 11 is 0. The van der Waals surface area contributed by atoms with Gasteiger partial charge in [-0.15, -0.1) is 0 Å². The Hall–Kier alpha value is -2.12. The highest BCUT2D eigenvalue weighted by molar-refractivity contribution is 6.13. The van der Waals surface area contributed by atoms with E-state index in [4.69, 9.17) is 22.9 Å². The highest BCUT2D eigenvalue weighted by Crippen LogP contribution is 2.14. The molecule has 0 radical (unpaired) electrons. The molecule has 1 aromatic carbocycles. The van der Waals surface area contributed by atoms with Crippen molar-refractivity contribution in [3.8, 4) is 0 Å². The minimum Gasteiger partial charge on any atom is -0.327 e. The van der Waals surface area contributed by atoms with Gasteiger partial charge in [0.2, 0.25) is 0 Å². The molecule has 0 heterocycles. The SMILES string of the molecule is NC/C=C/C(N)C(=O)c1ccccc1C(=O)C(N)/C=C/CN. The van der Waals surface area contributed by atoms with E-state index in [1.165, 1.54) is 12.2 Å². The number of hydrogen-bond donors (Lipinski definition) is 4. The maximum Gasteiger partial charge on any atom is 0.184 e. The average Bonchev–Trinajstić information content (AvgIpc) is 2.56. The van der Waals surface area contributed by atoms with E-state index in [0.29, 0.717) is 0 Å². The van der Waals surface area contributed by atoms with Crippen molar-refractivity contribution in [1.29, 1.82) is 0 Å². The van der Waals surface area contributed by atoms with Crippen molar-refractivity contribution in [1.82, 2.24) is 0 Å². The van der Waals surface area contributed by atoms with Gasteiger partial charge in [-0.25, -0.2) is 0 Å². The summed E-state index contributed by atoms with van der Waals surface area (Å²) in [5, 5.41) is 0. The van der Waals surface area contributed by atoms with Crippen LogP contribution < -0.4 is 22.9 Å². The van der Waals surface area contributed by atoms with Crippen LogP contribution in [0.3, 0.4) is 0 Å². The van der Waals surface area contributed by atoms with Gasteiger partial charge in [0, 0.05) is 24.2 Å². The molecule has 0 saturated heterocycles. The summed E-state index contributed by atoms with van der Waals surface area (Å²) in [5.74, 6) is -0.715. The molecule has 0 amide bonds. The summed E-state index contributed by atoms with van der Waals surface area (Å²) in [5.41, 5.74) is 22.8. The number of nitrogens with two attached hydrogens (primary N) is 4. The van der Waals surface area contributed by atoms with E-state index in [0.717, 1.165) is 0 Å². The molecule has 0 aliphatic heterocycles. The Labute approximate surface area is 129 Å². The second-order valence-corrected chi connectivity index (χ2v) is 4.65. The highest BCUT2D eigenvalue weighted by Gasteiger charge is 2.22. The summed E-state index contributed by atoms with van der Waals surface area (Å²) < 4.78 is 0. The number of carbonyl (C=O) groups excluding carboxylic acids is 2. The normalized spacial score (nSPS) is 14.4. The molecule has 0 saturated carbocycles. The molecular formula is C16H22N4O2. The molecule has 0 bridgehead atoms. The van der Waals surface area contributed by atoms with Crippen molar-refractivity contribution in [3.05, 3.63) is 59.7 Å². The number of benzene rings is 1. The minimum atomic E-state index is -0.853. The van der Waals surface area contributed by atoms with Gasteiger partial charge in [-0.3, -0.25) is 9.59 Å². The van der Waals surface area contributed by atoms with Crippen molar-refractivity contribution in [2.45, 2.75) is 12.1 Å². The van der Waals surface area contributed by atoms with Gasteiger partial charge in [-0.1, -0.05) is 48.6 Å². The Kier molecular flexibility index (Phi) is 7.34. The molecule has 118 valence electrons. The van der Waals surface area contributed by atoms with Crippen LogP contribution in [0.1, 0.15) is 20.7 Å². The van der Waals surface area contributed by atoms with E-state index in [1.807, 2.05) is 0 Å². The predicted octanol–water partition coefficient (Wildman–Crippen LogP) is -0.264. The third kappa shape index (κ3) is 4.71. The van der Waals surface area contributed by atoms with Crippen LogP contribution in [0.4, 0.5) is 0 Å². The molecular weight excluding hydrogens is 280 g/mol. The lowest BCUT2D eigenvalue weighted by molar-refractivity contribution is 0.0945. The Balaban J connectivity index is 3.08. The van der Waals surface area contributed by atoms with E-state index in [1.54, 1.807) is 36.4 Å². The fraction of sp³-hybridized carbons (Fsp3) is 0.250. The van der Waals surface area contributed by atoms with E-state index in [2.05, 4.69) is 0 Å². The molecule has 0 aromatic heterocycles. The molecule has 22 heavy (non-hydrogen) atoms. The van der Waals surface area contributed by atoms with Crippen molar-refractivity contribution in [2.24, 2.45) is 22.9 Å². The van der Waals surface area contributed by atoms with Gasteiger partial charge in [0.1, 0.15) is 0 Å². The zero-order chi connectivity index (χ0) is 16.5. The van der Waals surface area contributed by atoms with E-state index in [-0.39, 0.29) is 35.8 Å². The highest BCUT2D eigenvalue weighted by atomic mass is 16.1. The second-order valence-electron chi connectivity index (χ2n) is 4.65. The maximum atomic E-state index is 12.4. The van der Waals surface area contributed by atoms with Crippen LogP contribution in [0.2, 0.25) is 0 Å². The third-order valence-electron chi connectivity index (χ3n) is 3.02. The van der Waals surface area contributed by atoms with Gasteiger partial charge in [0.15, 0.2) is 11.6 Å². The van der Waals surface area contributed by atoms with Crippen molar-refractivity contribution >= 4 is 11.6 Å². The lowest BCUT2D eigenvalue weighted by Crippen LogP contribution is -2.33. The van der Waals surface area contributed by atoms with Crippen LogP contribution in [0.25, 0.3) is 0 Å². The average molecular weight is 302 g/mol. The molecule has 0 aliphatic carbocycles. The first-order valence-corrected chi connectivity index (χ1v) is 6.95. The topological polar surface area (TPSA) is 138 Å². The monoisotopic (exact) mass is 302 g/mol. The quantitative estimate of drug-likeness (QED) is 0.385. The molecule has 6 heteroatoms. The maximum absolute atomic E-state index is 12.4. The lowest BCUT2D eigenvalue weighted by Gasteiger charge is -2.12. The summed E-state index contributed by atoms with van der Waals surface area (Å²) in [7, 11) is 0. The standard InChI is InChI=1S/C16H22N4O2/c17-9-3-7-13(19)15(21)11-5-1-2-6-12(11)16(22)14(20)8-4-10-18/h1-8,13-14H,9-10,17-20H2/b7-3+,8-4+. The van der Waals surface area contributed by atoms with Crippen LogP contribution in [0.15, 0.2) is 48.6 Å². The predicted molar refractivity (Wildman–Crippen MR) is 87.4 cm³/mol. The Bertz CT molecular complexity index is 530. The zero-order valence-electron chi connectivity index (χ0n) is 12.3. The van der Waals surface area contributed by atoms with Crippen molar-refractivity contribution in [2.75, 3.05) is 13.1 Å². The van der Waals surface area contributed by atoms with Gasteiger partial charge in [-0.2, -0.15) is 0 Å². The smallest absolute Gasteiger partial charge is 0.184 e. The summed E-state index contributed by atoms with van der Waals surface area (Å²) in [4.78, 5) is 24.7.